The summed E-state index contributed by atoms with van der Waals surface area (Å²) in [4.78, 5) is 50.7. The van der Waals surface area contributed by atoms with Crippen molar-refractivity contribution in [1.82, 2.24) is 4.90 Å². The van der Waals surface area contributed by atoms with Crippen LogP contribution in [0.4, 0.5) is 10.5 Å². The Bertz CT molecular complexity index is 1210. The van der Waals surface area contributed by atoms with Gasteiger partial charge in [-0.3, -0.25) is 19.3 Å². The fourth-order valence-electron chi connectivity index (χ4n) is 3.22. The van der Waals surface area contributed by atoms with Gasteiger partial charge in [0.1, 0.15) is 6.54 Å². The molecule has 0 aromatic heterocycles. The molecule has 1 heterocycles. The maximum absolute atomic E-state index is 12.9. The van der Waals surface area contributed by atoms with Gasteiger partial charge in [-0.05, 0) is 67.1 Å². The quantitative estimate of drug-likeness (QED) is 0.336. The highest BCUT2D eigenvalue weighted by Gasteiger charge is 2.36. The summed E-state index contributed by atoms with van der Waals surface area (Å²) in [6.45, 7) is 4.34. The number of nitrogens with one attached hydrogen (secondary N) is 1. The van der Waals surface area contributed by atoms with Gasteiger partial charge in [0.05, 0.1) is 35.8 Å². The molecule has 9 nitrogen and oxygen atoms in total. The summed E-state index contributed by atoms with van der Waals surface area (Å²) in [6, 6.07) is 9.51. The first kappa shape index (κ1) is 27.1. The van der Waals surface area contributed by atoms with Crippen molar-refractivity contribution in [1.29, 1.82) is 0 Å². The van der Waals surface area contributed by atoms with E-state index in [2.05, 4.69) is 10.1 Å². The molecule has 0 aliphatic carbocycles. The predicted octanol–water partition coefficient (Wildman–Crippen LogP) is 4.99. The highest BCUT2D eigenvalue weighted by Crippen LogP contribution is 2.34. The number of imide groups is 1. The number of hydrogen-bond acceptors (Lipinski definition) is 8. The first-order chi connectivity index (χ1) is 17.3. The lowest BCUT2D eigenvalue weighted by molar-refractivity contribution is -0.127. The largest absolute Gasteiger partial charge is 0.490 e. The first-order valence-electron chi connectivity index (χ1n) is 11.1. The summed E-state index contributed by atoms with van der Waals surface area (Å²) >= 11 is 6.73. The second kappa shape index (κ2) is 12.5. The number of halogens is 1. The van der Waals surface area contributed by atoms with Crippen molar-refractivity contribution in [3.63, 3.8) is 0 Å². The van der Waals surface area contributed by atoms with Gasteiger partial charge in [0.15, 0.2) is 11.5 Å². The van der Waals surface area contributed by atoms with Crippen LogP contribution in [0, 0.1) is 0 Å². The number of hydrogen-bond donors (Lipinski definition) is 1. The molecule has 0 atom stereocenters. The van der Waals surface area contributed by atoms with Crippen LogP contribution < -0.4 is 14.8 Å². The Balaban J connectivity index is 1.72. The molecule has 11 heteroatoms. The van der Waals surface area contributed by atoms with E-state index in [1.807, 2.05) is 13.8 Å². The van der Waals surface area contributed by atoms with Crippen LogP contribution in [-0.4, -0.2) is 54.8 Å². The first-order valence-corrected chi connectivity index (χ1v) is 12.3. The van der Waals surface area contributed by atoms with Crippen LogP contribution in [-0.2, 0) is 14.3 Å². The van der Waals surface area contributed by atoms with E-state index in [0.717, 1.165) is 23.1 Å². The van der Waals surface area contributed by atoms with E-state index in [1.54, 1.807) is 24.3 Å². The van der Waals surface area contributed by atoms with Gasteiger partial charge in [-0.25, -0.2) is 4.79 Å². The molecular formula is C25H25ClN2O7S. The highest BCUT2D eigenvalue weighted by molar-refractivity contribution is 8.18. The third kappa shape index (κ3) is 6.58. The highest BCUT2D eigenvalue weighted by atomic mass is 35.5. The van der Waals surface area contributed by atoms with Crippen LogP contribution in [0.15, 0.2) is 41.3 Å². The summed E-state index contributed by atoms with van der Waals surface area (Å²) in [5, 5.41) is 2.15. The van der Waals surface area contributed by atoms with E-state index in [-0.39, 0.29) is 21.2 Å². The number of methoxy groups -OCH3 is 1. The van der Waals surface area contributed by atoms with E-state index in [1.165, 1.54) is 25.3 Å². The lowest BCUT2D eigenvalue weighted by atomic mass is 10.2. The Morgan fingerprint density at radius 3 is 2.56 bits per heavy atom. The van der Waals surface area contributed by atoms with Gasteiger partial charge in [0, 0.05) is 5.69 Å². The molecule has 0 saturated carbocycles. The molecule has 0 spiro atoms. The number of carbonyl (C=O) groups excluding carboxylic acids is 4. The molecule has 2 aromatic rings. The van der Waals surface area contributed by atoms with Gasteiger partial charge in [0.2, 0.25) is 5.91 Å². The Labute approximate surface area is 217 Å². The molecule has 0 unspecified atom stereocenters. The minimum Gasteiger partial charge on any atom is -0.490 e. The van der Waals surface area contributed by atoms with E-state index in [0.29, 0.717) is 30.3 Å². The molecule has 2 aromatic carbocycles. The van der Waals surface area contributed by atoms with E-state index in [9.17, 15) is 19.2 Å². The number of carbonyl (C=O) groups is 4. The van der Waals surface area contributed by atoms with Crippen LogP contribution >= 0.6 is 23.4 Å². The Kier molecular flexibility index (Phi) is 9.38. The van der Waals surface area contributed by atoms with Crippen molar-refractivity contribution in [3.05, 3.63) is 57.5 Å². The Hall–Kier alpha value is -3.50. The van der Waals surface area contributed by atoms with Crippen LogP contribution in [0.3, 0.4) is 0 Å². The number of thioether (sulfide) groups is 1. The molecule has 1 aliphatic heterocycles. The number of esters is 1. The molecule has 190 valence electrons. The van der Waals surface area contributed by atoms with Gasteiger partial charge in [-0.15, -0.1) is 0 Å². The zero-order valence-corrected chi connectivity index (χ0v) is 21.5. The molecule has 0 bridgehead atoms. The summed E-state index contributed by atoms with van der Waals surface area (Å²) < 4.78 is 16.0. The normalized spacial score (nSPS) is 14.2. The van der Waals surface area contributed by atoms with E-state index < -0.39 is 29.6 Å². The number of benzene rings is 2. The Morgan fingerprint density at radius 1 is 1.08 bits per heavy atom. The average molecular weight is 533 g/mol. The molecule has 3 rings (SSSR count). The van der Waals surface area contributed by atoms with Crippen molar-refractivity contribution in [2.45, 2.75) is 20.3 Å². The SMILES string of the molecule is CCCOc1ccc(/C=C2\SC(=O)N(CC(=O)Nc3ccc(Cl)c(C(=O)OC)c3)C2=O)cc1OCC. The smallest absolute Gasteiger partial charge is 0.339 e. The molecule has 36 heavy (non-hydrogen) atoms. The molecule has 0 radical (unpaired) electrons. The molecule has 1 saturated heterocycles. The maximum atomic E-state index is 12.9. The molecule has 1 fully saturated rings. The van der Waals surface area contributed by atoms with Gasteiger partial charge in [-0.2, -0.15) is 0 Å². The number of amides is 3. The maximum Gasteiger partial charge on any atom is 0.339 e. The molecular weight excluding hydrogens is 508 g/mol. The lowest BCUT2D eigenvalue weighted by Gasteiger charge is -2.13. The minimum absolute atomic E-state index is 0.0728. The second-order valence-electron chi connectivity index (χ2n) is 7.49. The summed E-state index contributed by atoms with van der Waals surface area (Å²) in [5.74, 6) is -0.737. The van der Waals surface area contributed by atoms with E-state index >= 15 is 0 Å². The molecule has 1 N–H and O–H groups in total. The number of ether oxygens (including phenoxy) is 3. The number of anilines is 1. The van der Waals surface area contributed by atoms with E-state index in [4.69, 9.17) is 21.1 Å². The minimum atomic E-state index is -0.662. The standard InChI is InChI=1S/C25H25ClN2O7S/c1-4-10-35-19-9-6-15(11-20(19)34-5-2)12-21-23(30)28(25(32)36-21)14-22(29)27-16-7-8-18(26)17(13-16)24(31)33-3/h6-9,11-13H,4-5,10,14H2,1-3H3,(H,27,29)/b21-12-. The zero-order chi connectivity index (χ0) is 26.2. The third-order valence-electron chi connectivity index (χ3n) is 4.86. The second-order valence-corrected chi connectivity index (χ2v) is 8.89. The van der Waals surface area contributed by atoms with Gasteiger partial charge >= 0.3 is 5.97 Å². The monoisotopic (exact) mass is 532 g/mol. The third-order valence-corrected chi connectivity index (χ3v) is 6.09. The Morgan fingerprint density at radius 2 is 1.86 bits per heavy atom. The average Bonchev–Trinajstić information content (AvgIpc) is 3.11. The van der Waals surface area contributed by atoms with Gasteiger partial charge < -0.3 is 19.5 Å². The number of nitrogens with zero attached hydrogens (tertiary/aromatic N) is 1. The molecule has 3 amide bonds. The van der Waals surface area contributed by atoms with Gasteiger partial charge in [-0.1, -0.05) is 24.6 Å². The van der Waals surface area contributed by atoms with Crippen molar-refractivity contribution < 1.29 is 33.4 Å². The van der Waals surface area contributed by atoms with Crippen LogP contribution in [0.5, 0.6) is 11.5 Å². The van der Waals surface area contributed by atoms with Crippen LogP contribution in [0.2, 0.25) is 5.02 Å². The molecule has 1 aliphatic rings. The van der Waals surface area contributed by atoms with Crippen molar-refractivity contribution in [2.24, 2.45) is 0 Å². The van der Waals surface area contributed by atoms with Crippen molar-refractivity contribution in [3.8, 4) is 11.5 Å². The predicted molar refractivity (Wildman–Crippen MR) is 137 cm³/mol. The fraction of sp³-hybridized carbons (Fsp3) is 0.280. The lowest BCUT2D eigenvalue weighted by Crippen LogP contribution is -2.36. The van der Waals surface area contributed by atoms with Gasteiger partial charge in [0.25, 0.3) is 11.1 Å². The van der Waals surface area contributed by atoms with Crippen LogP contribution in [0.25, 0.3) is 6.08 Å². The fourth-order valence-corrected chi connectivity index (χ4v) is 4.25. The zero-order valence-electron chi connectivity index (χ0n) is 20.0. The summed E-state index contributed by atoms with van der Waals surface area (Å²) in [7, 11) is 1.21. The summed E-state index contributed by atoms with van der Waals surface area (Å²) in [6.07, 6.45) is 2.41. The van der Waals surface area contributed by atoms with Crippen molar-refractivity contribution >= 4 is 58.1 Å². The van der Waals surface area contributed by atoms with Crippen molar-refractivity contribution in [2.75, 3.05) is 32.2 Å². The van der Waals surface area contributed by atoms with Crippen LogP contribution in [0.1, 0.15) is 36.2 Å². The summed E-state index contributed by atoms with van der Waals surface area (Å²) in [5.41, 5.74) is 0.985. The topological polar surface area (TPSA) is 111 Å². The number of rotatable bonds is 10.